The highest BCUT2D eigenvalue weighted by atomic mass is 16.3. The molecular weight excluding hydrogens is 234 g/mol. The monoisotopic (exact) mass is 245 g/mol. The summed E-state index contributed by atoms with van der Waals surface area (Å²) in [7, 11) is 0. The van der Waals surface area contributed by atoms with Crippen molar-refractivity contribution in [3.63, 3.8) is 0 Å². The van der Waals surface area contributed by atoms with Gasteiger partial charge < -0.3 is 4.42 Å². The number of para-hydroxylation sites is 1. The first kappa shape index (κ1) is 11.3. The fourth-order valence-electron chi connectivity index (χ4n) is 2.01. The van der Waals surface area contributed by atoms with Gasteiger partial charge in [-0.25, -0.2) is 0 Å². The van der Waals surface area contributed by atoms with Crippen molar-refractivity contribution in [3.05, 3.63) is 72.0 Å². The predicted octanol–water partition coefficient (Wildman–Crippen LogP) is 4.50. The predicted molar refractivity (Wildman–Crippen MR) is 76.1 cm³/mol. The lowest BCUT2D eigenvalue weighted by Crippen LogP contribution is -1.79. The van der Waals surface area contributed by atoms with E-state index < -0.39 is 0 Å². The molecule has 0 aliphatic heterocycles. The van der Waals surface area contributed by atoms with E-state index in [1.165, 1.54) is 0 Å². The van der Waals surface area contributed by atoms with Gasteiger partial charge in [0.2, 0.25) is 0 Å². The highest BCUT2D eigenvalue weighted by molar-refractivity contribution is 5.90. The zero-order valence-electron chi connectivity index (χ0n) is 10.2. The summed E-state index contributed by atoms with van der Waals surface area (Å²) in [6, 6.07) is 21.6. The van der Waals surface area contributed by atoms with Crippen LogP contribution in [0.1, 0.15) is 11.3 Å². The zero-order valence-corrected chi connectivity index (χ0v) is 10.2. The number of benzene rings is 2. The molecule has 0 fully saturated rings. The quantitative estimate of drug-likeness (QED) is 0.623. The minimum atomic E-state index is 0.597. The fourth-order valence-corrected chi connectivity index (χ4v) is 2.01. The van der Waals surface area contributed by atoms with Crippen LogP contribution in [-0.2, 0) is 0 Å². The Hall–Kier alpha value is -2.79. The number of nitriles is 1. The van der Waals surface area contributed by atoms with Gasteiger partial charge in [0.1, 0.15) is 11.3 Å². The molecule has 0 saturated heterocycles. The van der Waals surface area contributed by atoms with Crippen molar-refractivity contribution >= 4 is 22.6 Å². The molecule has 0 unspecified atom stereocenters. The molecule has 2 aromatic carbocycles. The molecule has 0 bridgehead atoms. The number of allylic oxidation sites excluding steroid dienone is 1. The standard InChI is InChI=1S/C17H11NO/c18-12-15(13-6-2-1-3-7-13)11-16-10-14-8-4-5-9-17(14)19-16/h1-11H/b15-11+. The van der Waals surface area contributed by atoms with Gasteiger partial charge in [-0.15, -0.1) is 0 Å². The molecule has 0 amide bonds. The fraction of sp³-hybridized carbons (Fsp3) is 0. The van der Waals surface area contributed by atoms with Crippen molar-refractivity contribution in [2.45, 2.75) is 0 Å². The van der Waals surface area contributed by atoms with Crippen LogP contribution in [-0.4, -0.2) is 0 Å². The van der Waals surface area contributed by atoms with Gasteiger partial charge in [-0.3, -0.25) is 0 Å². The summed E-state index contributed by atoms with van der Waals surface area (Å²) in [6.45, 7) is 0. The molecule has 0 spiro atoms. The van der Waals surface area contributed by atoms with E-state index in [4.69, 9.17) is 4.42 Å². The number of furan rings is 1. The molecular formula is C17H11NO. The highest BCUT2D eigenvalue weighted by Crippen LogP contribution is 2.23. The van der Waals surface area contributed by atoms with E-state index in [2.05, 4.69) is 6.07 Å². The lowest BCUT2D eigenvalue weighted by atomic mass is 10.1. The van der Waals surface area contributed by atoms with Gasteiger partial charge in [-0.1, -0.05) is 48.5 Å². The highest BCUT2D eigenvalue weighted by Gasteiger charge is 2.04. The Balaban J connectivity index is 2.06. The molecule has 2 heteroatoms. The van der Waals surface area contributed by atoms with E-state index in [1.807, 2.05) is 60.7 Å². The van der Waals surface area contributed by atoms with Gasteiger partial charge in [-0.2, -0.15) is 5.26 Å². The summed E-state index contributed by atoms with van der Waals surface area (Å²) in [4.78, 5) is 0. The Morgan fingerprint density at radius 2 is 1.74 bits per heavy atom. The zero-order chi connectivity index (χ0) is 13.1. The first-order valence-electron chi connectivity index (χ1n) is 6.02. The SMILES string of the molecule is N#C/C(=C\c1cc2ccccc2o1)c1ccccc1. The van der Waals surface area contributed by atoms with Crippen LogP contribution in [0, 0.1) is 11.3 Å². The molecule has 19 heavy (non-hydrogen) atoms. The Labute approximate surface area is 111 Å². The summed E-state index contributed by atoms with van der Waals surface area (Å²) in [6.07, 6.45) is 1.77. The van der Waals surface area contributed by atoms with Crippen LogP contribution in [0.3, 0.4) is 0 Å². The Morgan fingerprint density at radius 3 is 2.47 bits per heavy atom. The summed E-state index contributed by atoms with van der Waals surface area (Å²) in [5, 5.41) is 10.3. The molecule has 1 heterocycles. The van der Waals surface area contributed by atoms with E-state index in [0.717, 1.165) is 16.5 Å². The third kappa shape index (κ3) is 2.27. The van der Waals surface area contributed by atoms with E-state index in [0.29, 0.717) is 11.3 Å². The van der Waals surface area contributed by atoms with Crippen molar-refractivity contribution in [3.8, 4) is 6.07 Å². The molecule has 0 saturated carbocycles. The van der Waals surface area contributed by atoms with Crippen molar-refractivity contribution < 1.29 is 4.42 Å². The van der Waals surface area contributed by atoms with Gasteiger partial charge in [-0.05, 0) is 23.8 Å². The molecule has 0 radical (unpaired) electrons. The average Bonchev–Trinajstić information content (AvgIpc) is 2.88. The Morgan fingerprint density at radius 1 is 1.00 bits per heavy atom. The second-order valence-electron chi connectivity index (χ2n) is 4.22. The van der Waals surface area contributed by atoms with Gasteiger partial charge >= 0.3 is 0 Å². The minimum Gasteiger partial charge on any atom is -0.457 e. The minimum absolute atomic E-state index is 0.597. The largest absolute Gasteiger partial charge is 0.457 e. The van der Waals surface area contributed by atoms with E-state index in [9.17, 15) is 5.26 Å². The van der Waals surface area contributed by atoms with Crippen LogP contribution >= 0.6 is 0 Å². The van der Waals surface area contributed by atoms with Crippen LogP contribution in [0.2, 0.25) is 0 Å². The summed E-state index contributed by atoms with van der Waals surface area (Å²) < 4.78 is 5.69. The molecule has 0 N–H and O–H groups in total. The third-order valence-electron chi connectivity index (χ3n) is 2.94. The Bertz CT molecular complexity index is 743. The summed E-state index contributed by atoms with van der Waals surface area (Å²) >= 11 is 0. The normalized spacial score (nSPS) is 11.4. The number of nitrogens with zero attached hydrogens (tertiary/aromatic N) is 1. The topological polar surface area (TPSA) is 36.9 Å². The molecule has 1 aromatic heterocycles. The summed E-state index contributed by atoms with van der Waals surface area (Å²) in [5.74, 6) is 0.696. The van der Waals surface area contributed by atoms with Crippen LogP contribution in [0.15, 0.2) is 65.1 Å². The molecule has 90 valence electrons. The van der Waals surface area contributed by atoms with Crippen LogP contribution in [0.25, 0.3) is 22.6 Å². The summed E-state index contributed by atoms with van der Waals surface area (Å²) in [5.41, 5.74) is 2.32. The van der Waals surface area contributed by atoms with Crippen LogP contribution < -0.4 is 0 Å². The Kier molecular flexibility index (Phi) is 2.88. The molecule has 0 atom stereocenters. The van der Waals surface area contributed by atoms with Crippen molar-refractivity contribution in [1.82, 2.24) is 0 Å². The van der Waals surface area contributed by atoms with Gasteiger partial charge in [0, 0.05) is 5.39 Å². The number of hydrogen-bond donors (Lipinski definition) is 0. The van der Waals surface area contributed by atoms with Crippen molar-refractivity contribution in [2.24, 2.45) is 0 Å². The molecule has 0 aliphatic rings. The molecule has 3 rings (SSSR count). The first-order valence-corrected chi connectivity index (χ1v) is 6.02. The maximum atomic E-state index is 9.26. The van der Waals surface area contributed by atoms with E-state index in [1.54, 1.807) is 6.08 Å². The smallest absolute Gasteiger partial charge is 0.134 e. The molecule has 0 aliphatic carbocycles. The lowest BCUT2D eigenvalue weighted by molar-refractivity contribution is 0.604. The molecule has 2 nitrogen and oxygen atoms in total. The van der Waals surface area contributed by atoms with E-state index >= 15 is 0 Å². The van der Waals surface area contributed by atoms with Crippen LogP contribution in [0.5, 0.6) is 0 Å². The number of hydrogen-bond acceptors (Lipinski definition) is 2. The van der Waals surface area contributed by atoms with Crippen LogP contribution in [0.4, 0.5) is 0 Å². The molecule has 3 aromatic rings. The maximum absolute atomic E-state index is 9.26. The van der Waals surface area contributed by atoms with E-state index in [-0.39, 0.29) is 0 Å². The van der Waals surface area contributed by atoms with Crippen molar-refractivity contribution in [2.75, 3.05) is 0 Å². The number of fused-ring (bicyclic) bond motifs is 1. The second-order valence-corrected chi connectivity index (χ2v) is 4.22. The third-order valence-corrected chi connectivity index (χ3v) is 2.94. The van der Waals surface area contributed by atoms with Crippen molar-refractivity contribution in [1.29, 1.82) is 5.26 Å². The maximum Gasteiger partial charge on any atom is 0.134 e. The number of rotatable bonds is 2. The second kappa shape index (κ2) is 4.83. The average molecular weight is 245 g/mol. The first-order chi connectivity index (χ1) is 9.36. The lowest BCUT2D eigenvalue weighted by Gasteiger charge is -1.96. The van der Waals surface area contributed by atoms with Gasteiger partial charge in [0.25, 0.3) is 0 Å². The van der Waals surface area contributed by atoms with Gasteiger partial charge in [0.15, 0.2) is 0 Å². The van der Waals surface area contributed by atoms with Gasteiger partial charge in [0.05, 0.1) is 11.6 Å².